The molecule has 1 aliphatic heterocycles. The molecule has 82 valence electrons. The highest BCUT2D eigenvalue weighted by molar-refractivity contribution is 9.10. The third kappa shape index (κ3) is 1.57. The van der Waals surface area contributed by atoms with Crippen LogP contribution in [0.1, 0.15) is 12.8 Å². The number of nitrogens with zero attached hydrogens (tertiary/aromatic N) is 3. The van der Waals surface area contributed by atoms with Crippen LogP contribution in [0.4, 0.5) is 5.69 Å². The Morgan fingerprint density at radius 1 is 1.00 bits per heavy atom. The number of anilines is 1. The van der Waals surface area contributed by atoms with Crippen LogP contribution >= 0.6 is 15.9 Å². The standard InChI is InChI=1S/C12H12BrN3/c13-9-3-4-10(16-7-1-2-8-16)12-11(9)14-5-6-15-12/h3-6H,1-2,7-8H2. The Kier molecular flexibility index (Phi) is 2.52. The average molecular weight is 278 g/mol. The minimum absolute atomic E-state index is 0.951. The van der Waals surface area contributed by atoms with Gasteiger partial charge in [0.25, 0.3) is 0 Å². The van der Waals surface area contributed by atoms with Crippen molar-refractivity contribution in [3.05, 3.63) is 29.0 Å². The molecule has 3 nitrogen and oxygen atoms in total. The van der Waals surface area contributed by atoms with Gasteiger partial charge in [-0.25, -0.2) is 0 Å². The first-order valence-corrected chi connectivity index (χ1v) is 6.30. The predicted octanol–water partition coefficient (Wildman–Crippen LogP) is 2.99. The zero-order chi connectivity index (χ0) is 11.0. The second-order valence-electron chi connectivity index (χ2n) is 4.01. The molecule has 3 rings (SSSR count). The van der Waals surface area contributed by atoms with Gasteiger partial charge in [-0.1, -0.05) is 0 Å². The van der Waals surface area contributed by atoms with Crippen LogP contribution in [0, 0.1) is 0 Å². The first-order valence-electron chi connectivity index (χ1n) is 5.50. The summed E-state index contributed by atoms with van der Waals surface area (Å²) >= 11 is 3.52. The lowest BCUT2D eigenvalue weighted by Crippen LogP contribution is -2.18. The van der Waals surface area contributed by atoms with E-state index in [1.54, 1.807) is 12.4 Å². The van der Waals surface area contributed by atoms with Crippen molar-refractivity contribution in [2.24, 2.45) is 0 Å². The Morgan fingerprint density at radius 3 is 2.44 bits per heavy atom. The Balaban J connectivity index is 2.21. The van der Waals surface area contributed by atoms with E-state index in [1.807, 2.05) is 0 Å². The van der Waals surface area contributed by atoms with Crippen molar-refractivity contribution in [1.29, 1.82) is 0 Å². The molecule has 0 aliphatic carbocycles. The maximum Gasteiger partial charge on any atom is 0.113 e. The van der Waals surface area contributed by atoms with Crippen molar-refractivity contribution in [2.45, 2.75) is 12.8 Å². The van der Waals surface area contributed by atoms with Crippen LogP contribution in [-0.2, 0) is 0 Å². The van der Waals surface area contributed by atoms with E-state index in [-0.39, 0.29) is 0 Å². The van der Waals surface area contributed by atoms with E-state index < -0.39 is 0 Å². The van der Waals surface area contributed by atoms with Crippen LogP contribution in [-0.4, -0.2) is 23.1 Å². The van der Waals surface area contributed by atoms with Crippen molar-refractivity contribution in [3.8, 4) is 0 Å². The van der Waals surface area contributed by atoms with Gasteiger partial charge in [0.1, 0.15) is 11.0 Å². The van der Waals surface area contributed by atoms with Crippen LogP contribution in [0.15, 0.2) is 29.0 Å². The van der Waals surface area contributed by atoms with Gasteiger partial charge in [-0.05, 0) is 40.9 Å². The van der Waals surface area contributed by atoms with Crippen LogP contribution in [0.3, 0.4) is 0 Å². The number of rotatable bonds is 1. The molecule has 0 amide bonds. The third-order valence-corrected chi connectivity index (χ3v) is 3.64. The largest absolute Gasteiger partial charge is 0.370 e. The minimum Gasteiger partial charge on any atom is -0.370 e. The molecule has 1 aromatic carbocycles. The number of fused-ring (bicyclic) bond motifs is 1. The Hall–Kier alpha value is -1.16. The molecule has 4 heteroatoms. The highest BCUT2D eigenvalue weighted by Gasteiger charge is 2.16. The number of hydrogen-bond acceptors (Lipinski definition) is 3. The summed E-state index contributed by atoms with van der Waals surface area (Å²) in [5.74, 6) is 0. The second-order valence-corrected chi connectivity index (χ2v) is 4.87. The monoisotopic (exact) mass is 277 g/mol. The first-order chi connectivity index (χ1) is 7.86. The summed E-state index contributed by atoms with van der Waals surface area (Å²) < 4.78 is 1.01. The fraction of sp³-hybridized carbons (Fsp3) is 0.333. The van der Waals surface area contributed by atoms with Crippen molar-refractivity contribution < 1.29 is 0 Å². The molecule has 0 radical (unpaired) electrons. The zero-order valence-electron chi connectivity index (χ0n) is 8.86. The van der Waals surface area contributed by atoms with E-state index in [0.29, 0.717) is 0 Å². The van der Waals surface area contributed by atoms with Gasteiger partial charge in [0.05, 0.1) is 5.69 Å². The number of halogens is 1. The van der Waals surface area contributed by atoms with E-state index in [1.165, 1.54) is 18.5 Å². The smallest absolute Gasteiger partial charge is 0.113 e. The summed E-state index contributed by atoms with van der Waals surface area (Å²) in [6.45, 7) is 2.26. The van der Waals surface area contributed by atoms with E-state index in [4.69, 9.17) is 0 Å². The average Bonchev–Trinajstić information content (AvgIpc) is 2.83. The normalized spacial score (nSPS) is 15.9. The van der Waals surface area contributed by atoms with Crippen LogP contribution in [0.5, 0.6) is 0 Å². The zero-order valence-corrected chi connectivity index (χ0v) is 10.4. The van der Waals surface area contributed by atoms with E-state index in [2.05, 4.69) is 42.9 Å². The SMILES string of the molecule is Brc1ccc(N2CCCC2)c2nccnc12. The van der Waals surface area contributed by atoms with Crippen LogP contribution < -0.4 is 4.90 Å². The van der Waals surface area contributed by atoms with Gasteiger partial charge in [0.2, 0.25) is 0 Å². The molecule has 0 unspecified atom stereocenters. The highest BCUT2D eigenvalue weighted by atomic mass is 79.9. The minimum atomic E-state index is 0.951. The van der Waals surface area contributed by atoms with E-state index in [9.17, 15) is 0 Å². The van der Waals surface area contributed by atoms with Crippen molar-refractivity contribution in [3.63, 3.8) is 0 Å². The van der Waals surface area contributed by atoms with Gasteiger partial charge in [0.15, 0.2) is 0 Å². The molecule has 0 spiro atoms. The highest BCUT2D eigenvalue weighted by Crippen LogP contribution is 2.31. The van der Waals surface area contributed by atoms with Crippen LogP contribution in [0.2, 0.25) is 0 Å². The van der Waals surface area contributed by atoms with Crippen molar-refractivity contribution in [2.75, 3.05) is 18.0 Å². The molecular weight excluding hydrogens is 266 g/mol. The summed E-state index contributed by atoms with van der Waals surface area (Å²) in [5, 5.41) is 0. The molecule has 0 saturated carbocycles. The first kappa shape index (κ1) is 10.0. The number of hydrogen-bond donors (Lipinski definition) is 0. The van der Waals surface area contributed by atoms with Gasteiger partial charge >= 0.3 is 0 Å². The molecule has 1 fully saturated rings. The van der Waals surface area contributed by atoms with Gasteiger partial charge in [-0.2, -0.15) is 0 Å². The van der Waals surface area contributed by atoms with Gasteiger partial charge in [-0.3, -0.25) is 9.97 Å². The maximum atomic E-state index is 4.45. The van der Waals surface area contributed by atoms with Crippen LogP contribution in [0.25, 0.3) is 11.0 Å². The quantitative estimate of drug-likeness (QED) is 0.803. The number of benzene rings is 1. The summed E-state index contributed by atoms with van der Waals surface area (Å²) in [5.41, 5.74) is 3.16. The van der Waals surface area contributed by atoms with Crippen molar-refractivity contribution in [1.82, 2.24) is 9.97 Å². The summed E-state index contributed by atoms with van der Waals surface area (Å²) in [6, 6.07) is 4.19. The Bertz CT molecular complexity index is 521. The molecule has 1 saturated heterocycles. The number of aromatic nitrogens is 2. The predicted molar refractivity (Wildman–Crippen MR) is 68.7 cm³/mol. The lowest BCUT2D eigenvalue weighted by Gasteiger charge is -2.19. The van der Waals surface area contributed by atoms with Crippen molar-refractivity contribution >= 4 is 32.7 Å². The molecule has 2 heterocycles. The molecular formula is C12H12BrN3. The fourth-order valence-electron chi connectivity index (χ4n) is 2.22. The summed E-state index contributed by atoms with van der Waals surface area (Å²) in [6.07, 6.45) is 6.05. The lowest BCUT2D eigenvalue weighted by molar-refractivity contribution is 0.949. The Morgan fingerprint density at radius 2 is 1.69 bits per heavy atom. The molecule has 16 heavy (non-hydrogen) atoms. The molecule has 0 N–H and O–H groups in total. The van der Waals surface area contributed by atoms with Gasteiger partial charge in [-0.15, -0.1) is 0 Å². The van der Waals surface area contributed by atoms with Gasteiger partial charge in [0, 0.05) is 30.0 Å². The molecule has 0 bridgehead atoms. The lowest BCUT2D eigenvalue weighted by atomic mass is 10.2. The molecule has 0 atom stereocenters. The van der Waals surface area contributed by atoms with E-state index >= 15 is 0 Å². The van der Waals surface area contributed by atoms with E-state index in [0.717, 1.165) is 28.6 Å². The molecule has 1 aliphatic rings. The summed E-state index contributed by atoms with van der Waals surface area (Å²) in [4.78, 5) is 11.2. The molecule has 2 aromatic rings. The third-order valence-electron chi connectivity index (χ3n) is 3.00. The summed E-state index contributed by atoms with van der Waals surface area (Å²) in [7, 11) is 0. The Labute approximate surface area is 103 Å². The van der Waals surface area contributed by atoms with Gasteiger partial charge < -0.3 is 4.90 Å². The second kappa shape index (κ2) is 4.01. The maximum absolute atomic E-state index is 4.45. The fourth-order valence-corrected chi connectivity index (χ4v) is 2.65. The topological polar surface area (TPSA) is 29.0 Å². The molecule has 1 aromatic heterocycles.